The van der Waals surface area contributed by atoms with Crippen molar-refractivity contribution >= 4 is 5.91 Å². The van der Waals surface area contributed by atoms with Gasteiger partial charge in [0.05, 0.1) is 20.3 Å². The minimum absolute atomic E-state index is 0.199. The minimum atomic E-state index is 0.199. The molecule has 0 N–H and O–H groups in total. The molecule has 1 heterocycles. The highest BCUT2D eigenvalue weighted by atomic mass is 16.5. The Balaban J connectivity index is 1.65. The van der Waals surface area contributed by atoms with Crippen molar-refractivity contribution in [3.8, 4) is 28.4 Å². The molecule has 4 rings (SSSR count). The number of fused-ring (bicyclic) bond motifs is 1. The number of nitrogens with zero attached hydrogens (tertiary/aromatic N) is 2. The third-order valence-corrected chi connectivity index (χ3v) is 5.75. The van der Waals surface area contributed by atoms with Crippen LogP contribution in [0.3, 0.4) is 0 Å². The number of ether oxygens (including phenoxy) is 3. The maximum absolute atomic E-state index is 12.7. The van der Waals surface area contributed by atoms with Crippen molar-refractivity contribution < 1.29 is 19.0 Å². The molecule has 1 aliphatic carbocycles. The Labute approximate surface area is 184 Å². The van der Waals surface area contributed by atoms with Crippen LogP contribution >= 0.6 is 0 Å². The van der Waals surface area contributed by atoms with Gasteiger partial charge in [0, 0.05) is 24.6 Å². The van der Waals surface area contributed by atoms with Gasteiger partial charge in [0.2, 0.25) is 5.91 Å². The molecule has 0 bridgehead atoms. The molecule has 1 saturated carbocycles. The van der Waals surface area contributed by atoms with Gasteiger partial charge in [-0.05, 0) is 68.8 Å². The van der Waals surface area contributed by atoms with Crippen LogP contribution in [-0.4, -0.2) is 63.2 Å². The molecule has 6 nitrogen and oxygen atoms in total. The quantitative estimate of drug-likeness (QED) is 0.603. The molecule has 6 heteroatoms. The summed E-state index contributed by atoms with van der Waals surface area (Å²) in [5, 5.41) is 0. The van der Waals surface area contributed by atoms with E-state index in [2.05, 4.69) is 31.1 Å². The lowest BCUT2D eigenvalue weighted by Crippen LogP contribution is -2.33. The first-order valence-electron chi connectivity index (χ1n) is 11.1. The molecule has 1 amide bonds. The Bertz CT molecular complexity index is 924. The second-order valence-corrected chi connectivity index (χ2v) is 8.58. The van der Waals surface area contributed by atoms with Crippen LogP contribution in [0.5, 0.6) is 17.2 Å². The van der Waals surface area contributed by atoms with Crippen molar-refractivity contribution in [3.05, 3.63) is 42.0 Å². The third kappa shape index (κ3) is 5.31. The number of carbonyl (C=O) groups is 1. The van der Waals surface area contributed by atoms with E-state index >= 15 is 0 Å². The molecule has 1 aliphatic heterocycles. The molecular formula is C25H32N2O4. The van der Waals surface area contributed by atoms with Crippen molar-refractivity contribution in [1.29, 1.82) is 0 Å². The number of carbonyl (C=O) groups excluding carboxylic acids is 1. The molecule has 2 aliphatic rings. The first kappa shape index (κ1) is 21.5. The van der Waals surface area contributed by atoms with Gasteiger partial charge in [0.15, 0.2) is 11.5 Å². The number of hydrogen-bond donors (Lipinski definition) is 0. The van der Waals surface area contributed by atoms with E-state index in [0.29, 0.717) is 26.3 Å². The number of hydrogen-bond acceptors (Lipinski definition) is 5. The smallest absolute Gasteiger partial charge is 0.226 e. The van der Waals surface area contributed by atoms with Crippen LogP contribution in [0.2, 0.25) is 0 Å². The molecule has 0 unspecified atom stereocenters. The molecule has 2 aromatic rings. The van der Waals surface area contributed by atoms with Crippen LogP contribution in [0, 0.1) is 5.92 Å². The predicted molar refractivity (Wildman–Crippen MR) is 121 cm³/mol. The van der Waals surface area contributed by atoms with Crippen molar-refractivity contribution in [2.24, 2.45) is 5.92 Å². The van der Waals surface area contributed by atoms with E-state index in [1.54, 1.807) is 7.11 Å². The third-order valence-electron chi connectivity index (χ3n) is 5.75. The van der Waals surface area contributed by atoms with E-state index in [9.17, 15) is 4.79 Å². The van der Waals surface area contributed by atoms with Crippen LogP contribution in [0.15, 0.2) is 36.4 Å². The van der Waals surface area contributed by atoms with Gasteiger partial charge in [-0.15, -0.1) is 0 Å². The summed E-state index contributed by atoms with van der Waals surface area (Å²) < 4.78 is 17.7. The molecule has 0 aromatic heterocycles. The fourth-order valence-corrected chi connectivity index (χ4v) is 3.90. The highest BCUT2D eigenvalue weighted by molar-refractivity contribution is 5.81. The Morgan fingerprint density at radius 2 is 2.03 bits per heavy atom. The summed E-state index contributed by atoms with van der Waals surface area (Å²) in [6.07, 6.45) is 2.94. The van der Waals surface area contributed by atoms with Crippen LogP contribution in [0.4, 0.5) is 0 Å². The van der Waals surface area contributed by atoms with E-state index < -0.39 is 0 Å². The van der Waals surface area contributed by atoms with E-state index in [-0.39, 0.29) is 11.8 Å². The van der Waals surface area contributed by atoms with Crippen molar-refractivity contribution in [3.63, 3.8) is 0 Å². The molecule has 2 aromatic carbocycles. The van der Waals surface area contributed by atoms with Gasteiger partial charge in [-0.1, -0.05) is 12.1 Å². The van der Waals surface area contributed by atoms with Crippen molar-refractivity contribution in [2.45, 2.75) is 25.8 Å². The monoisotopic (exact) mass is 424 g/mol. The van der Waals surface area contributed by atoms with E-state index in [0.717, 1.165) is 59.7 Å². The topological polar surface area (TPSA) is 51.2 Å². The number of rotatable bonds is 8. The summed E-state index contributed by atoms with van der Waals surface area (Å²) in [6.45, 7) is 3.22. The van der Waals surface area contributed by atoms with Gasteiger partial charge >= 0.3 is 0 Å². The Morgan fingerprint density at radius 3 is 2.77 bits per heavy atom. The SMILES string of the molecule is COc1cccc(-c2cc3c(c(OCCCN(C)C)c2)OCCN(C(=O)C2CC2)C3)c1. The molecule has 31 heavy (non-hydrogen) atoms. The van der Waals surface area contributed by atoms with Crippen molar-refractivity contribution in [2.75, 3.05) is 47.5 Å². The summed E-state index contributed by atoms with van der Waals surface area (Å²) in [5.41, 5.74) is 3.07. The molecule has 1 fully saturated rings. The van der Waals surface area contributed by atoms with E-state index in [1.165, 1.54) is 0 Å². The highest BCUT2D eigenvalue weighted by Crippen LogP contribution is 2.40. The average molecular weight is 425 g/mol. The summed E-state index contributed by atoms with van der Waals surface area (Å²) in [6, 6.07) is 12.2. The van der Waals surface area contributed by atoms with Gasteiger partial charge in [-0.25, -0.2) is 0 Å². The zero-order valence-corrected chi connectivity index (χ0v) is 18.7. The summed E-state index contributed by atoms with van der Waals surface area (Å²) in [5.74, 6) is 2.77. The Kier molecular flexibility index (Phi) is 6.66. The normalized spacial score (nSPS) is 15.8. The van der Waals surface area contributed by atoms with Gasteiger partial charge in [0.1, 0.15) is 12.4 Å². The second-order valence-electron chi connectivity index (χ2n) is 8.58. The molecule has 0 saturated heterocycles. The van der Waals surface area contributed by atoms with E-state index in [4.69, 9.17) is 14.2 Å². The summed E-state index contributed by atoms with van der Waals surface area (Å²) in [7, 11) is 5.79. The number of methoxy groups -OCH3 is 1. The highest BCUT2D eigenvalue weighted by Gasteiger charge is 2.34. The zero-order chi connectivity index (χ0) is 21.8. The molecule has 0 radical (unpaired) electrons. The lowest BCUT2D eigenvalue weighted by molar-refractivity contribution is -0.133. The fraction of sp³-hybridized carbons (Fsp3) is 0.480. The minimum Gasteiger partial charge on any atom is -0.497 e. The predicted octanol–water partition coefficient (Wildman–Crippen LogP) is 3.82. The number of amides is 1. The first-order chi connectivity index (χ1) is 15.0. The molecule has 0 atom stereocenters. The van der Waals surface area contributed by atoms with Crippen molar-refractivity contribution in [1.82, 2.24) is 9.80 Å². The second kappa shape index (κ2) is 9.60. The van der Waals surface area contributed by atoms with Gasteiger partial charge in [-0.2, -0.15) is 0 Å². The molecule has 166 valence electrons. The first-order valence-corrected chi connectivity index (χ1v) is 11.1. The zero-order valence-electron chi connectivity index (χ0n) is 18.7. The summed E-state index contributed by atoms with van der Waals surface area (Å²) in [4.78, 5) is 16.8. The fourth-order valence-electron chi connectivity index (χ4n) is 3.90. The maximum Gasteiger partial charge on any atom is 0.226 e. The number of benzene rings is 2. The van der Waals surface area contributed by atoms with Gasteiger partial charge in [0.25, 0.3) is 0 Å². The maximum atomic E-state index is 12.7. The Morgan fingerprint density at radius 1 is 1.19 bits per heavy atom. The standard InChI is InChI=1S/C25H32N2O4/c1-26(2)10-5-12-30-23-16-20(19-6-4-7-22(15-19)29-3)14-21-17-27(11-13-31-24(21)23)25(28)18-8-9-18/h4,6-7,14-16,18H,5,8-13,17H2,1-3H3. The lowest BCUT2D eigenvalue weighted by Gasteiger charge is -2.20. The van der Waals surface area contributed by atoms with Crippen LogP contribution in [0.25, 0.3) is 11.1 Å². The Hall–Kier alpha value is -2.73. The van der Waals surface area contributed by atoms with Crippen LogP contribution in [0.1, 0.15) is 24.8 Å². The molecular weight excluding hydrogens is 392 g/mol. The average Bonchev–Trinajstić information content (AvgIpc) is 3.62. The van der Waals surface area contributed by atoms with Crippen LogP contribution in [-0.2, 0) is 11.3 Å². The van der Waals surface area contributed by atoms with E-state index in [1.807, 2.05) is 29.2 Å². The van der Waals surface area contributed by atoms with Gasteiger partial charge in [-0.3, -0.25) is 4.79 Å². The van der Waals surface area contributed by atoms with Gasteiger partial charge < -0.3 is 24.0 Å². The largest absolute Gasteiger partial charge is 0.497 e. The van der Waals surface area contributed by atoms with Crippen LogP contribution < -0.4 is 14.2 Å². The lowest BCUT2D eigenvalue weighted by atomic mass is 10.0. The molecule has 0 spiro atoms. The summed E-state index contributed by atoms with van der Waals surface area (Å²) >= 11 is 0.